The van der Waals surface area contributed by atoms with Crippen molar-refractivity contribution in [3.63, 3.8) is 0 Å². The van der Waals surface area contributed by atoms with Crippen LogP contribution in [0.5, 0.6) is 5.75 Å². The van der Waals surface area contributed by atoms with Crippen LogP contribution in [0.15, 0.2) is 53.4 Å². The molecule has 2 aromatic carbocycles. The van der Waals surface area contributed by atoms with Gasteiger partial charge in [-0.05, 0) is 48.6 Å². The topological polar surface area (TPSA) is 63.7 Å². The molecule has 0 bridgehead atoms. The van der Waals surface area contributed by atoms with E-state index in [4.69, 9.17) is 4.74 Å². The van der Waals surface area contributed by atoms with Crippen molar-refractivity contribution in [3.8, 4) is 5.75 Å². The highest BCUT2D eigenvalue weighted by Gasteiger charge is 2.72. The van der Waals surface area contributed by atoms with E-state index in [-0.39, 0.29) is 22.6 Å². The zero-order valence-corrected chi connectivity index (χ0v) is 16.5. The second kappa shape index (κ2) is 5.91. The lowest BCUT2D eigenvalue weighted by Gasteiger charge is -2.34. The number of carbonyl (C=O) groups excluding carboxylic acids is 1. The van der Waals surface area contributed by atoms with Gasteiger partial charge in [0, 0.05) is 6.54 Å². The molecule has 0 N–H and O–H groups in total. The largest absolute Gasteiger partial charge is 0.497 e. The number of Topliss-reactive ketones (excluding diaryl/α,β-unsaturated/α-hetero) is 1. The number of fused-ring (bicyclic) bond motifs is 1. The van der Waals surface area contributed by atoms with Gasteiger partial charge in [0.15, 0.2) is 5.78 Å². The van der Waals surface area contributed by atoms with Crippen LogP contribution in [0.25, 0.3) is 0 Å². The Morgan fingerprint density at radius 1 is 1.04 bits per heavy atom. The zero-order chi connectivity index (χ0) is 19.4. The summed E-state index contributed by atoms with van der Waals surface area (Å²) in [6, 6.07) is 14.3. The van der Waals surface area contributed by atoms with Crippen molar-refractivity contribution in [2.75, 3.05) is 20.2 Å². The van der Waals surface area contributed by atoms with E-state index in [0.29, 0.717) is 13.0 Å². The molecule has 2 fully saturated rings. The Kier molecular flexibility index (Phi) is 3.98. The number of piperidine rings is 1. The maximum atomic E-state index is 13.1. The Balaban J connectivity index is 1.64. The molecule has 1 aliphatic heterocycles. The molecule has 2 aromatic rings. The average Bonchev–Trinajstić information content (AvgIpc) is 3.30. The molecule has 2 unspecified atom stereocenters. The van der Waals surface area contributed by atoms with Crippen LogP contribution in [0, 0.1) is 12.3 Å². The smallest absolute Gasteiger partial charge is 0.243 e. The summed E-state index contributed by atoms with van der Waals surface area (Å²) < 4.78 is 32.6. The molecule has 1 saturated carbocycles. The number of ether oxygens (including phenoxy) is 1. The first-order valence-corrected chi connectivity index (χ1v) is 10.4. The minimum absolute atomic E-state index is 0.0305. The number of methoxy groups -OCH3 is 1. The summed E-state index contributed by atoms with van der Waals surface area (Å²) in [5.74, 6) is 0.710. The molecule has 0 spiro atoms. The molecule has 27 heavy (non-hydrogen) atoms. The Hall–Kier alpha value is -2.18. The lowest BCUT2D eigenvalue weighted by molar-refractivity contribution is -0.124. The van der Waals surface area contributed by atoms with Gasteiger partial charge in [-0.1, -0.05) is 36.8 Å². The highest BCUT2D eigenvalue weighted by atomic mass is 32.2. The number of benzene rings is 2. The van der Waals surface area contributed by atoms with Gasteiger partial charge in [0.2, 0.25) is 10.0 Å². The van der Waals surface area contributed by atoms with Crippen molar-refractivity contribution in [1.29, 1.82) is 0 Å². The van der Waals surface area contributed by atoms with Crippen LogP contribution in [0.4, 0.5) is 0 Å². The minimum Gasteiger partial charge on any atom is -0.497 e. The van der Waals surface area contributed by atoms with E-state index in [1.54, 1.807) is 31.4 Å². The quantitative estimate of drug-likeness (QED) is 0.812. The van der Waals surface area contributed by atoms with E-state index < -0.39 is 15.4 Å². The molecule has 1 aliphatic carbocycles. The van der Waals surface area contributed by atoms with Gasteiger partial charge in [0.05, 0.1) is 24.0 Å². The number of nitrogens with zero attached hydrogens (tertiary/aromatic N) is 1. The number of hydrogen-bond donors (Lipinski definition) is 0. The van der Waals surface area contributed by atoms with Crippen molar-refractivity contribution in [2.45, 2.75) is 30.6 Å². The minimum atomic E-state index is -3.68. The van der Waals surface area contributed by atoms with Gasteiger partial charge in [-0.2, -0.15) is 4.31 Å². The summed E-state index contributed by atoms with van der Waals surface area (Å²) in [7, 11) is -2.08. The van der Waals surface area contributed by atoms with Crippen LogP contribution < -0.4 is 4.74 Å². The van der Waals surface area contributed by atoms with Gasteiger partial charge < -0.3 is 4.74 Å². The Morgan fingerprint density at radius 3 is 2.22 bits per heavy atom. The SMILES string of the molecule is COc1ccc(C23CC2(C)CN(S(=O)(=O)c2ccc(C)cc2)CC3=O)cc1. The first-order valence-electron chi connectivity index (χ1n) is 8.98. The van der Waals surface area contributed by atoms with E-state index in [2.05, 4.69) is 0 Å². The maximum Gasteiger partial charge on any atom is 0.243 e. The first kappa shape index (κ1) is 18.2. The standard InChI is InChI=1S/C21H23NO4S/c1-15-4-10-18(11-5-15)27(24,25)22-12-19(23)21(13-20(21,2)14-22)16-6-8-17(26-3)9-7-16/h4-11H,12-14H2,1-3H3. The second-order valence-electron chi connectivity index (χ2n) is 7.88. The number of carbonyl (C=O) groups is 1. The third-order valence-electron chi connectivity index (χ3n) is 6.12. The maximum absolute atomic E-state index is 13.1. The van der Waals surface area contributed by atoms with Crippen LogP contribution in [-0.2, 0) is 20.2 Å². The predicted octanol–water partition coefficient (Wildman–Crippen LogP) is 2.93. The summed E-state index contributed by atoms with van der Waals surface area (Å²) >= 11 is 0. The average molecular weight is 385 g/mol. The fraction of sp³-hybridized carbons (Fsp3) is 0.381. The zero-order valence-electron chi connectivity index (χ0n) is 15.7. The predicted molar refractivity (Wildman–Crippen MR) is 102 cm³/mol. The van der Waals surface area contributed by atoms with Gasteiger partial charge in [-0.15, -0.1) is 0 Å². The third kappa shape index (κ3) is 2.62. The normalized spacial score (nSPS) is 27.9. The third-order valence-corrected chi connectivity index (χ3v) is 7.93. The van der Waals surface area contributed by atoms with Crippen molar-refractivity contribution in [3.05, 3.63) is 59.7 Å². The first-order chi connectivity index (χ1) is 12.7. The Bertz CT molecular complexity index is 997. The van der Waals surface area contributed by atoms with Crippen LogP contribution in [0.2, 0.25) is 0 Å². The second-order valence-corrected chi connectivity index (χ2v) is 9.82. The number of ketones is 1. The lowest BCUT2D eigenvalue weighted by atomic mass is 9.81. The van der Waals surface area contributed by atoms with Gasteiger partial charge >= 0.3 is 0 Å². The molecule has 2 aliphatic rings. The fourth-order valence-electron chi connectivity index (χ4n) is 4.42. The van der Waals surface area contributed by atoms with E-state index in [0.717, 1.165) is 16.9 Å². The Morgan fingerprint density at radius 2 is 1.67 bits per heavy atom. The monoisotopic (exact) mass is 385 g/mol. The summed E-state index contributed by atoms with van der Waals surface area (Å²) in [6.07, 6.45) is 0.672. The summed E-state index contributed by atoms with van der Waals surface area (Å²) in [5, 5.41) is 0. The van der Waals surface area contributed by atoms with Crippen LogP contribution in [-0.4, -0.2) is 38.7 Å². The Labute approximate surface area is 160 Å². The van der Waals surface area contributed by atoms with E-state index in [1.165, 1.54) is 4.31 Å². The molecular weight excluding hydrogens is 362 g/mol. The van der Waals surface area contributed by atoms with Gasteiger partial charge in [0.1, 0.15) is 5.75 Å². The van der Waals surface area contributed by atoms with Gasteiger partial charge in [0.25, 0.3) is 0 Å². The van der Waals surface area contributed by atoms with Crippen molar-refractivity contribution >= 4 is 15.8 Å². The van der Waals surface area contributed by atoms with Crippen molar-refractivity contribution < 1.29 is 17.9 Å². The summed E-state index contributed by atoms with van der Waals surface area (Å²) in [6.45, 7) is 4.18. The van der Waals surface area contributed by atoms with Crippen molar-refractivity contribution in [1.82, 2.24) is 4.31 Å². The molecule has 2 atom stereocenters. The summed E-state index contributed by atoms with van der Waals surface area (Å²) in [5.41, 5.74) is 0.979. The molecule has 1 saturated heterocycles. The number of aryl methyl sites for hydroxylation is 1. The fourth-order valence-corrected chi connectivity index (χ4v) is 5.94. The molecule has 6 heteroatoms. The van der Waals surface area contributed by atoms with Gasteiger partial charge in [-0.3, -0.25) is 4.79 Å². The van der Waals surface area contributed by atoms with E-state index in [9.17, 15) is 13.2 Å². The molecule has 1 heterocycles. The molecule has 5 nitrogen and oxygen atoms in total. The molecule has 4 rings (SSSR count). The highest BCUT2D eigenvalue weighted by molar-refractivity contribution is 7.89. The number of rotatable bonds is 4. The highest BCUT2D eigenvalue weighted by Crippen LogP contribution is 2.67. The van der Waals surface area contributed by atoms with E-state index >= 15 is 0 Å². The molecular formula is C21H23NO4S. The molecule has 0 radical (unpaired) electrons. The van der Waals surface area contributed by atoms with Crippen LogP contribution in [0.3, 0.4) is 0 Å². The van der Waals surface area contributed by atoms with Gasteiger partial charge in [-0.25, -0.2) is 8.42 Å². The van der Waals surface area contributed by atoms with Crippen LogP contribution in [0.1, 0.15) is 24.5 Å². The molecule has 0 aromatic heterocycles. The number of hydrogen-bond acceptors (Lipinski definition) is 4. The summed E-state index contributed by atoms with van der Waals surface area (Å²) in [4.78, 5) is 13.4. The number of sulfonamides is 1. The van der Waals surface area contributed by atoms with E-state index in [1.807, 2.05) is 38.1 Å². The van der Waals surface area contributed by atoms with Crippen LogP contribution >= 0.6 is 0 Å². The van der Waals surface area contributed by atoms with Crippen molar-refractivity contribution in [2.24, 2.45) is 5.41 Å². The molecule has 142 valence electrons. The lowest BCUT2D eigenvalue weighted by Crippen LogP contribution is -2.49. The molecule has 0 amide bonds.